The van der Waals surface area contributed by atoms with Crippen LogP contribution in [0.4, 0.5) is 5.69 Å². The summed E-state index contributed by atoms with van der Waals surface area (Å²) in [5.41, 5.74) is 0.991. The van der Waals surface area contributed by atoms with Gasteiger partial charge >= 0.3 is 11.2 Å². The van der Waals surface area contributed by atoms with Gasteiger partial charge < -0.3 is 4.74 Å². The van der Waals surface area contributed by atoms with Crippen molar-refractivity contribution in [3.05, 3.63) is 61.8 Å². The van der Waals surface area contributed by atoms with Gasteiger partial charge in [0.1, 0.15) is 12.1 Å². The Morgan fingerprint density at radius 1 is 1.21 bits per heavy atom. The summed E-state index contributed by atoms with van der Waals surface area (Å²) in [6, 6.07) is 6.41. The molecule has 34 heavy (non-hydrogen) atoms. The van der Waals surface area contributed by atoms with Crippen LogP contribution < -0.4 is 10.3 Å². The standard InChI is InChI=1S/C25H27N5O4/c1-2-34-21-6-4-19(25-11-15-7-16(12-25)9-17(8-15)13-25)10-18(21)3-5-20-22(30(32)33)23(31)29-24(28-20)26-14-27-29/h3-6,10,14-17H,2,7-9,11-13H2,1H3,(H,26,27,28)/b5-3-. The molecule has 1 aromatic carbocycles. The molecule has 2 aromatic heterocycles. The first-order valence-electron chi connectivity index (χ1n) is 12.0. The van der Waals surface area contributed by atoms with Gasteiger partial charge in [-0.3, -0.25) is 20.0 Å². The molecule has 9 heteroatoms. The lowest BCUT2D eigenvalue weighted by Crippen LogP contribution is -2.48. The highest BCUT2D eigenvalue weighted by Crippen LogP contribution is 2.60. The van der Waals surface area contributed by atoms with E-state index in [1.165, 1.54) is 56.5 Å². The van der Waals surface area contributed by atoms with Gasteiger partial charge in [0.15, 0.2) is 5.69 Å². The van der Waals surface area contributed by atoms with E-state index in [-0.39, 0.29) is 16.9 Å². The van der Waals surface area contributed by atoms with Gasteiger partial charge in [-0.1, -0.05) is 6.07 Å². The third-order valence-electron chi connectivity index (χ3n) is 8.00. The van der Waals surface area contributed by atoms with Crippen LogP contribution in [-0.4, -0.2) is 31.1 Å². The van der Waals surface area contributed by atoms with Gasteiger partial charge in [0.05, 0.1) is 11.5 Å². The molecule has 0 aliphatic heterocycles. The number of nitro groups is 1. The lowest BCUT2D eigenvalue weighted by atomic mass is 9.48. The Bertz CT molecular complexity index is 1340. The van der Waals surface area contributed by atoms with Crippen LogP contribution in [0.1, 0.15) is 62.3 Å². The molecular formula is C25H27N5O4. The second kappa shape index (κ2) is 7.78. The van der Waals surface area contributed by atoms with Crippen LogP contribution in [0.3, 0.4) is 0 Å². The predicted molar refractivity (Wildman–Crippen MR) is 127 cm³/mol. The van der Waals surface area contributed by atoms with Crippen LogP contribution in [0.2, 0.25) is 0 Å². The Balaban J connectivity index is 1.42. The Morgan fingerprint density at radius 3 is 2.56 bits per heavy atom. The summed E-state index contributed by atoms with van der Waals surface area (Å²) < 4.78 is 6.84. The zero-order valence-electron chi connectivity index (χ0n) is 19.1. The fourth-order valence-electron chi connectivity index (χ4n) is 7.08. The highest BCUT2D eigenvalue weighted by Gasteiger charge is 2.51. The fraction of sp³-hybridized carbons (Fsp3) is 0.480. The Kier molecular flexibility index (Phi) is 4.82. The molecule has 4 saturated carbocycles. The predicted octanol–water partition coefficient (Wildman–Crippen LogP) is 4.36. The van der Waals surface area contributed by atoms with Crippen molar-refractivity contribution in [1.82, 2.24) is 19.6 Å². The van der Waals surface area contributed by atoms with Crippen molar-refractivity contribution in [3.63, 3.8) is 0 Å². The lowest BCUT2D eigenvalue weighted by molar-refractivity contribution is -0.386. The van der Waals surface area contributed by atoms with Crippen molar-refractivity contribution in [1.29, 1.82) is 0 Å². The van der Waals surface area contributed by atoms with E-state index in [0.717, 1.165) is 27.8 Å². The zero-order valence-corrected chi connectivity index (χ0v) is 19.1. The van der Waals surface area contributed by atoms with Crippen molar-refractivity contribution >= 4 is 23.6 Å². The molecule has 7 rings (SSSR count). The summed E-state index contributed by atoms with van der Waals surface area (Å²) in [5, 5.41) is 14.2. The monoisotopic (exact) mass is 461 g/mol. The molecule has 176 valence electrons. The summed E-state index contributed by atoms with van der Waals surface area (Å²) in [6.07, 6.45) is 12.4. The van der Waals surface area contributed by atoms with E-state index in [1.54, 1.807) is 6.08 Å². The number of H-pyrrole nitrogens is 1. The number of hydrogen-bond acceptors (Lipinski definition) is 6. The molecular weight excluding hydrogens is 434 g/mol. The third-order valence-corrected chi connectivity index (χ3v) is 8.00. The van der Waals surface area contributed by atoms with Crippen LogP contribution in [0, 0.1) is 27.9 Å². The van der Waals surface area contributed by atoms with Gasteiger partial charge in [0, 0.05) is 5.56 Å². The third kappa shape index (κ3) is 3.33. The van der Waals surface area contributed by atoms with Crippen LogP contribution in [0.5, 0.6) is 5.75 Å². The molecule has 4 bridgehead atoms. The average Bonchev–Trinajstić information content (AvgIpc) is 3.26. The minimum atomic E-state index is -0.792. The second-order valence-electron chi connectivity index (χ2n) is 10.1. The second-order valence-corrected chi connectivity index (χ2v) is 10.1. The number of ether oxygens (including phenoxy) is 1. The fourth-order valence-corrected chi connectivity index (χ4v) is 7.08. The van der Waals surface area contributed by atoms with E-state index in [9.17, 15) is 14.9 Å². The first-order chi connectivity index (χ1) is 16.5. The van der Waals surface area contributed by atoms with Crippen LogP contribution in [0.25, 0.3) is 17.9 Å². The molecule has 9 nitrogen and oxygen atoms in total. The quantitative estimate of drug-likeness (QED) is 0.431. The topological polar surface area (TPSA) is 115 Å². The summed E-state index contributed by atoms with van der Waals surface area (Å²) >= 11 is 0. The van der Waals surface area contributed by atoms with Gasteiger partial charge in [0.2, 0.25) is 0 Å². The number of fused-ring (bicyclic) bond motifs is 1. The normalized spacial score (nSPS) is 27.6. The maximum absolute atomic E-state index is 12.6. The molecule has 4 aliphatic rings. The van der Waals surface area contributed by atoms with Gasteiger partial charge in [-0.05, 0) is 98.5 Å². The molecule has 0 radical (unpaired) electrons. The van der Waals surface area contributed by atoms with Crippen LogP contribution in [-0.2, 0) is 5.41 Å². The summed E-state index contributed by atoms with van der Waals surface area (Å²) in [4.78, 5) is 31.8. The zero-order chi connectivity index (χ0) is 23.4. The molecule has 2 heterocycles. The number of nitrogens with zero attached hydrogens (tertiary/aromatic N) is 4. The SMILES string of the molecule is CCOc1ccc(C23CC4CC(CC(C4)C2)C3)cc1/C=C\c1nc2nc[nH]n2c(=O)c1[N+](=O)[O-]. The minimum absolute atomic E-state index is 0.0234. The number of aromatic amines is 1. The lowest BCUT2D eigenvalue weighted by Gasteiger charge is -2.57. The van der Waals surface area contributed by atoms with Gasteiger partial charge in [-0.25, -0.2) is 9.97 Å². The van der Waals surface area contributed by atoms with Crippen LogP contribution >= 0.6 is 0 Å². The van der Waals surface area contributed by atoms with E-state index < -0.39 is 16.2 Å². The summed E-state index contributed by atoms with van der Waals surface area (Å²) in [5.74, 6) is 3.29. The molecule has 0 spiro atoms. The maximum Gasteiger partial charge on any atom is 0.361 e. The number of benzene rings is 1. The van der Waals surface area contributed by atoms with Gasteiger partial charge in [-0.15, -0.1) is 0 Å². The van der Waals surface area contributed by atoms with Crippen molar-refractivity contribution in [2.24, 2.45) is 17.8 Å². The van der Waals surface area contributed by atoms with Crippen molar-refractivity contribution < 1.29 is 9.66 Å². The largest absolute Gasteiger partial charge is 0.493 e. The van der Waals surface area contributed by atoms with E-state index in [1.807, 2.05) is 13.0 Å². The van der Waals surface area contributed by atoms with Gasteiger partial charge in [-0.2, -0.15) is 4.52 Å². The smallest absolute Gasteiger partial charge is 0.361 e. The molecule has 0 saturated heterocycles. The Morgan fingerprint density at radius 2 is 1.91 bits per heavy atom. The Hall–Kier alpha value is -3.49. The molecule has 0 atom stereocenters. The van der Waals surface area contributed by atoms with Gasteiger partial charge in [0.25, 0.3) is 5.78 Å². The van der Waals surface area contributed by atoms with E-state index in [4.69, 9.17) is 4.74 Å². The van der Waals surface area contributed by atoms with Crippen molar-refractivity contribution in [2.75, 3.05) is 6.61 Å². The first-order valence-corrected chi connectivity index (χ1v) is 12.0. The van der Waals surface area contributed by atoms with Crippen LogP contribution in [0.15, 0.2) is 29.3 Å². The summed E-state index contributed by atoms with van der Waals surface area (Å²) in [6.45, 7) is 2.44. The highest BCUT2D eigenvalue weighted by molar-refractivity contribution is 5.75. The minimum Gasteiger partial charge on any atom is -0.493 e. The number of aromatic nitrogens is 4. The number of rotatable bonds is 6. The highest BCUT2D eigenvalue weighted by atomic mass is 16.6. The molecule has 0 unspecified atom stereocenters. The number of nitrogens with one attached hydrogen (secondary N) is 1. The molecule has 3 aromatic rings. The van der Waals surface area contributed by atoms with E-state index >= 15 is 0 Å². The first kappa shape index (κ1) is 21.1. The molecule has 4 fully saturated rings. The Labute approximate surface area is 196 Å². The number of hydrogen-bond donors (Lipinski definition) is 1. The molecule has 0 amide bonds. The van der Waals surface area contributed by atoms with E-state index in [2.05, 4.69) is 27.2 Å². The average molecular weight is 462 g/mol. The molecule has 4 aliphatic carbocycles. The summed E-state index contributed by atoms with van der Waals surface area (Å²) in [7, 11) is 0. The molecule has 1 N–H and O–H groups in total. The van der Waals surface area contributed by atoms with Crippen molar-refractivity contribution in [3.8, 4) is 5.75 Å². The van der Waals surface area contributed by atoms with Crippen molar-refractivity contribution in [2.45, 2.75) is 50.9 Å². The maximum atomic E-state index is 12.6. The van der Waals surface area contributed by atoms with E-state index in [0.29, 0.717) is 12.4 Å².